The Balaban J connectivity index is 1.70. The Morgan fingerprint density at radius 3 is 2.53 bits per heavy atom. The van der Waals surface area contributed by atoms with E-state index in [4.69, 9.17) is 19.3 Å². The van der Waals surface area contributed by atoms with Crippen molar-refractivity contribution in [3.8, 4) is 11.5 Å². The lowest BCUT2D eigenvalue weighted by Gasteiger charge is -2.36. The van der Waals surface area contributed by atoms with E-state index in [0.717, 1.165) is 55.4 Å². The molecule has 0 spiro atoms. The van der Waals surface area contributed by atoms with Crippen molar-refractivity contribution in [2.75, 3.05) is 12.8 Å². The molecule has 0 bridgehead atoms. The van der Waals surface area contributed by atoms with Gasteiger partial charge in [-0.1, -0.05) is 46.5 Å². The van der Waals surface area contributed by atoms with Gasteiger partial charge in [0.1, 0.15) is 17.1 Å². The molecule has 2 rings (SSSR count). The molecule has 0 fully saturated rings. The number of unbranched alkanes of at least 4 members (excludes halogenated alkanes) is 2. The topological polar surface area (TPSA) is 76.0 Å². The van der Waals surface area contributed by atoms with E-state index in [1.54, 1.807) is 0 Å². The van der Waals surface area contributed by atoms with Gasteiger partial charge in [-0.2, -0.15) is 0 Å². The highest BCUT2D eigenvalue weighted by Crippen LogP contribution is 2.38. The van der Waals surface area contributed by atoms with Crippen molar-refractivity contribution in [3.05, 3.63) is 23.8 Å². The van der Waals surface area contributed by atoms with Crippen molar-refractivity contribution >= 4 is 7.60 Å². The Labute approximate surface area is 195 Å². The van der Waals surface area contributed by atoms with Crippen molar-refractivity contribution < 1.29 is 23.8 Å². The summed E-state index contributed by atoms with van der Waals surface area (Å²) in [4.78, 5) is 17.8. The molecule has 0 saturated heterocycles. The van der Waals surface area contributed by atoms with Crippen molar-refractivity contribution in [1.82, 2.24) is 0 Å². The zero-order valence-electron chi connectivity index (χ0n) is 20.6. The minimum absolute atomic E-state index is 0.0427. The second kappa shape index (κ2) is 13.0. The molecule has 1 aliphatic rings. The smallest absolute Gasteiger partial charge is 0.325 e. The van der Waals surface area contributed by atoms with Gasteiger partial charge in [0.05, 0.1) is 6.61 Å². The highest BCUT2D eigenvalue weighted by molar-refractivity contribution is 7.51. The van der Waals surface area contributed by atoms with E-state index in [1.165, 1.54) is 37.7 Å². The molecule has 0 aliphatic carbocycles. The summed E-state index contributed by atoms with van der Waals surface area (Å²) in [5.74, 6) is 3.44. The molecule has 0 amide bonds. The predicted molar refractivity (Wildman–Crippen MR) is 132 cm³/mol. The fraction of sp³-hybridized carbons (Fsp3) is 0.769. The van der Waals surface area contributed by atoms with Crippen LogP contribution in [0.2, 0.25) is 0 Å². The molecule has 1 aromatic rings. The summed E-state index contributed by atoms with van der Waals surface area (Å²) < 4.78 is 23.1. The summed E-state index contributed by atoms with van der Waals surface area (Å²) in [6.07, 6.45) is 11.7. The zero-order valence-corrected chi connectivity index (χ0v) is 21.5. The van der Waals surface area contributed by atoms with E-state index < -0.39 is 7.60 Å². The third kappa shape index (κ3) is 10.7. The molecule has 184 valence electrons. The van der Waals surface area contributed by atoms with Crippen LogP contribution >= 0.6 is 7.60 Å². The number of ether oxygens (including phenoxy) is 2. The van der Waals surface area contributed by atoms with Gasteiger partial charge in [0.2, 0.25) is 0 Å². The lowest BCUT2D eigenvalue weighted by molar-refractivity contribution is 0.0523. The lowest BCUT2D eigenvalue weighted by Crippen LogP contribution is -2.36. The maximum absolute atomic E-state index is 10.9. The first-order valence-corrected chi connectivity index (χ1v) is 14.4. The number of hydrogen-bond donors (Lipinski definition) is 2. The summed E-state index contributed by atoms with van der Waals surface area (Å²) in [6, 6.07) is 6.09. The summed E-state index contributed by atoms with van der Waals surface area (Å²) in [5, 5.41) is 0. The van der Waals surface area contributed by atoms with Gasteiger partial charge in [-0.15, -0.1) is 0 Å². The molecule has 5 nitrogen and oxygen atoms in total. The SMILES string of the molecule is CC(C)CCCC(C)CCCC1(C)CCc2cc(OCCCCCP(=O)(O)O)ccc2O1. The van der Waals surface area contributed by atoms with Crippen LogP contribution in [0.15, 0.2) is 18.2 Å². The molecule has 2 unspecified atom stereocenters. The Morgan fingerprint density at radius 2 is 1.81 bits per heavy atom. The standard InChI is InChI=1S/C26H45O5P/c1-21(2)10-8-11-22(3)12-9-16-26(4)17-15-23-20-24(13-14-25(23)31-26)30-18-6-5-7-19-32(27,28)29/h13-14,20-22H,5-12,15-19H2,1-4H3,(H2,27,28,29). The Morgan fingerprint density at radius 1 is 1.06 bits per heavy atom. The average Bonchev–Trinajstić information content (AvgIpc) is 2.69. The molecule has 0 saturated carbocycles. The van der Waals surface area contributed by atoms with Crippen LogP contribution in [0.4, 0.5) is 0 Å². The van der Waals surface area contributed by atoms with Crippen LogP contribution in [0, 0.1) is 11.8 Å². The quantitative estimate of drug-likeness (QED) is 0.211. The molecule has 32 heavy (non-hydrogen) atoms. The zero-order chi connectivity index (χ0) is 23.6. The van der Waals surface area contributed by atoms with Crippen molar-refractivity contribution in [2.24, 2.45) is 11.8 Å². The molecule has 1 heterocycles. The second-order valence-corrected chi connectivity index (χ2v) is 12.2. The molecule has 1 aliphatic heterocycles. The van der Waals surface area contributed by atoms with Crippen molar-refractivity contribution in [1.29, 1.82) is 0 Å². The van der Waals surface area contributed by atoms with Crippen LogP contribution in [-0.4, -0.2) is 28.2 Å². The summed E-state index contributed by atoms with van der Waals surface area (Å²) in [5.41, 5.74) is 1.13. The minimum atomic E-state index is -3.87. The van der Waals surface area contributed by atoms with E-state index in [1.807, 2.05) is 12.1 Å². The van der Waals surface area contributed by atoms with Gasteiger partial charge in [0.25, 0.3) is 0 Å². The van der Waals surface area contributed by atoms with Crippen LogP contribution < -0.4 is 9.47 Å². The molecular weight excluding hydrogens is 423 g/mol. The first kappa shape index (κ1) is 27.2. The maximum atomic E-state index is 10.9. The van der Waals surface area contributed by atoms with Gasteiger partial charge in [0.15, 0.2) is 0 Å². The van der Waals surface area contributed by atoms with Crippen LogP contribution in [0.3, 0.4) is 0 Å². The van der Waals surface area contributed by atoms with Gasteiger partial charge < -0.3 is 19.3 Å². The van der Waals surface area contributed by atoms with E-state index in [0.29, 0.717) is 13.0 Å². The highest BCUT2D eigenvalue weighted by atomic mass is 31.2. The Kier molecular flexibility index (Phi) is 11.1. The molecule has 0 radical (unpaired) electrons. The number of hydrogen-bond acceptors (Lipinski definition) is 3. The van der Waals surface area contributed by atoms with E-state index in [9.17, 15) is 4.57 Å². The van der Waals surface area contributed by atoms with Gasteiger partial charge in [-0.05, 0) is 87.5 Å². The molecule has 2 N–H and O–H groups in total. The fourth-order valence-electron chi connectivity index (χ4n) is 4.46. The summed E-state index contributed by atoms with van der Waals surface area (Å²) in [7, 11) is -3.87. The average molecular weight is 469 g/mol. The largest absolute Gasteiger partial charge is 0.494 e. The first-order chi connectivity index (χ1) is 15.1. The number of benzene rings is 1. The summed E-state index contributed by atoms with van der Waals surface area (Å²) >= 11 is 0. The Hall–Kier alpha value is -1.03. The van der Waals surface area contributed by atoms with E-state index >= 15 is 0 Å². The molecule has 6 heteroatoms. The highest BCUT2D eigenvalue weighted by Gasteiger charge is 2.31. The maximum Gasteiger partial charge on any atom is 0.325 e. The van der Waals surface area contributed by atoms with E-state index in [-0.39, 0.29) is 11.8 Å². The molecule has 0 aromatic heterocycles. The van der Waals surface area contributed by atoms with Crippen LogP contribution in [0.1, 0.15) is 97.5 Å². The minimum Gasteiger partial charge on any atom is -0.494 e. The fourth-order valence-corrected chi connectivity index (χ4v) is 5.10. The van der Waals surface area contributed by atoms with Crippen molar-refractivity contribution in [2.45, 2.75) is 104 Å². The predicted octanol–water partition coefficient (Wildman–Crippen LogP) is 7.13. The third-order valence-corrected chi connectivity index (χ3v) is 7.45. The summed E-state index contributed by atoms with van der Waals surface area (Å²) in [6.45, 7) is 9.81. The number of fused-ring (bicyclic) bond motifs is 1. The normalized spacial score (nSPS) is 19.5. The Bertz CT molecular complexity index is 729. The van der Waals surface area contributed by atoms with Gasteiger partial charge in [-0.25, -0.2) is 0 Å². The van der Waals surface area contributed by atoms with Gasteiger partial charge >= 0.3 is 7.60 Å². The monoisotopic (exact) mass is 468 g/mol. The molecular formula is C26H45O5P. The molecule has 2 atom stereocenters. The van der Waals surface area contributed by atoms with Crippen LogP contribution in [-0.2, 0) is 11.0 Å². The van der Waals surface area contributed by atoms with Gasteiger partial charge in [-0.3, -0.25) is 4.57 Å². The lowest BCUT2D eigenvalue weighted by atomic mass is 9.86. The van der Waals surface area contributed by atoms with E-state index in [2.05, 4.69) is 33.8 Å². The van der Waals surface area contributed by atoms with Gasteiger partial charge in [0, 0.05) is 6.16 Å². The third-order valence-electron chi connectivity index (χ3n) is 6.55. The van der Waals surface area contributed by atoms with Crippen molar-refractivity contribution in [3.63, 3.8) is 0 Å². The molecule has 1 aromatic carbocycles. The van der Waals surface area contributed by atoms with Crippen LogP contribution in [0.5, 0.6) is 11.5 Å². The first-order valence-electron chi connectivity index (χ1n) is 12.6. The van der Waals surface area contributed by atoms with Crippen LogP contribution in [0.25, 0.3) is 0 Å². The number of aryl methyl sites for hydroxylation is 1. The number of rotatable bonds is 15. The second-order valence-electron chi connectivity index (χ2n) is 10.4.